The van der Waals surface area contributed by atoms with Crippen molar-refractivity contribution in [2.24, 2.45) is 0 Å². The van der Waals surface area contributed by atoms with Gasteiger partial charge in [-0.2, -0.15) is 5.10 Å². The summed E-state index contributed by atoms with van der Waals surface area (Å²) in [6.45, 7) is 11.3. The van der Waals surface area contributed by atoms with E-state index in [9.17, 15) is 4.79 Å². The minimum atomic E-state index is 0.161. The van der Waals surface area contributed by atoms with Crippen LogP contribution in [0.2, 0.25) is 0 Å². The molecule has 1 amide bonds. The topological polar surface area (TPSA) is 54.5 Å². The summed E-state index contributed by atoms with van der Waals surface area (Å²) in [5, 5.41) is 4.54. The second-order valence-corrected chi connectivity index (χ2v) is 7.81. The number of piperazine rings is 1. The molecule has 0 saturated carbocycles. The molecule has 2 aromatic heterocycles. The van der Waals surface area contributed by atoms with Crippen molar-refractivity contribution in [3.63, 3.8) is 0 Å². The van der Waals surface area contributed by atoms with E-state index in [4.69, 9.17) is 4.42 Å². The number of rotatable bonds is 4. The number of aromatic nitrogens is 2. The zero-order valence-corrected chi connectivity index (χ0v) is 16.8. The smallest absolute Gasteiger partial charge is 0.257 e. The van der Waals surface area contributed by atoms with Crippen LogP contribution in [0.5, 0.6) is 0 Å². The van der Waals surface area contributed by atoms with Gasteiger partial charge in [0, 0.05) is 63.0 Å². The first-order valence-electron chi connectivity index (χ1n) is 10.2. The van der Waals surface area contributed by atoms with Gasteiger partial charge in [-0.15, -0.1) is 0 Å². The Kier molecular flexibility index (Phi) is 5.08. The van der Waals surface area contributed by atoms with E-state index in [1.54, 1.807) is 0 Å². The van der Waals surface area contributed by atoms with Crippen LogP contribution in [-0.2, 0) is 25.9 Å². The van der Waals surface area contributed by atoms with Gasteiger partial charge in [-0.05, 0) is 40.0 Å². The van der Waals surface area contributed by atoms with Crippen molar-refractivity contribution >= 4 is 5.91 Å². The molecule has 1 saturated heterocycles. The third-order valence-corrected chi connectivity index (χ3v) is 5.99. The normalized spacial score (nSPS) is 18.0. The van der Waals surface area contributed by atoms with Crippen LogP contribution in [0.1, 0.15) is 58.5 Å². The van der Waals surface area contributed by atoms with Gasteiger partial charge in [0.25, 0.3) is 5.91 Å². The fourth-order valence-electron chi connectivity index (χ4n) is 4.37. The van der Waals surface area contributed by atoms with Crippen LogP contribution in [0.15, 0.2) is 10.6 Å². The summed E-state index contributed by atoms with van der Waals surface area (Å²) in [4.78, 5) is 17.6. The van der Waals surface area contributed by atoms with Crippen molar-refractivity contribution in [1.82, 2.24) is 19.6 Å². The molecular formula is C21H30N4O2. The highest BCUT2D eigenvalue weighted by Gasteiger charge is 2.30. The van der Waals surface area contributed by atoms with Crippen LogP contribution in [0, 0.1) is 13.8 Å². The Morgan fingerprint density at radius 1 is 1.15 bits per heavy atom. The molecule has 0 spiro atoms. The summed E-state index contributed by atoms with van der Waals surface area (Å²) in [6.07, 6.45) is 6.43. The minimum absolute atomic E-state index is 0.161. The molecule has 146 valence electrons. The lowest BCUT2D eigenvalue weighted by Gasteiger charge is -2.34. The zero-order valence-electron chi connectivity index (χ0n) is 16.8. The number of aryl methyl sites for hydroxylation is 4. The molecule has 27 heavy (non-hydrogen) atoms. The Balaban J connectivity index is 1.40. The molecule has 4 rings (SSSR count). The van der Waals surface area contributed by atoms with Gasteiger partial charge < -0.3 is 9.32 Å². The standard InChI is InChI=1S/C21H30N4O2/c1-4-25-14-17(15(2)22-25)13-23-9-11-24(12-10-23)21(26)20-16(3)27-19-8-6-5-7-18(19)20/h14H,4-13H2,1-3H3. The van der Waals surface area contributed by atoms with Gasteiger partial charge >= 0.3 is 0 Å². The van der Waals surface area contributed by atoms with Gasteiger partial charge in [0.05, 0.1) is 11.3 Å². The predicted octanol–water partition coefficient (Wildman–Crippen LogP) is 2.95. The molecule has 0 radical (unpaired) electrons. The number of fused-ring (bicyclic) bond motifs is 1. The number of nitrogens with zero attached hydrogens (tertiary/aromatic N) is 4. The van der Waals surface area contributed by atoms with Crippen molar-refractivity contribution in [3.05, 3.63) is 40.1 Å². The van der Waals surface area contributed by atoms with Gasteiger partial charge in [-0.25, -0.2) is 0 Å². The molecular weight excluding hydrogens is 340 g/mol. The third kappa shape index (κ3) is 3.55. The summed E-state index contributed by atoms with van der Waals surface area (Å²) in [5.74, 6) is 2.01. The molecule has 6 heteroatoms. The largest absolute Gasteiger partial charge is 0.465 e. The first kappa shape index (κ1) is 18.3. The van der Waals surface area contributed by atoms with Gasteiger partial charge in [0.1, 0.15) is 11.5 Å². The van der Waals surface area contributed by atoms with Crippen LogP contribution in [-0.4, -0.2) is 51.7 Å². The first-order valence-corrected chi connectivity index (χ1v) is 10.2. The van der Waals surface area contributed by atoms with E-state index in [0.717, 1.165) is 81.3 Å². The summed E-state index contributed by atoms with van der Waals surface area (Å²) < 4.78 is 7.90. The molecule has 2 aromatic rings. The maximum atomic E-state index is 13.1. The lowest BCUT2D eigenvalue weighted by atomic mass is 9.94. The SMILES string of the molecule is CCn1cc(CN2CCN(C(=O)c3c(C)oc4c3CCCC4)CC2)c(C)n1. The van der Waals surface area contributed by atoms with E-state index in [-0.39, 0.29) is 5.91 Å². The van der Waals surface area contributed by atoms with Crippen molar-refractivity contribution < 1.29 is 9.21 Å². The molecule has 2 aliphatic rings. The van der Waals surface area contributed by atoms with E-state index in [0.29, 0.717) is 0 Å². The van der Waals surface area contributed by atoms with Gasteiger partial charge in [-0.3, -0.25) is 14.4 Å². The number of hydrogen-bond donors (Lipinski definition) is 0. The maximum Gasteiger partial charge on any atom is 0.257 e. The molecule has 0 aromatic carbocycles. The highest BCUT2D eigenvalue weighted by molar-refractivity contribution is 5.97. The summed E-state index contributed by atoms with van der Waals surface area (Å²) in [6, 6.07) is 0. The molecule has 1 aliphatic heterocycles. The van der Waals surface area contributed by atoms with Gasteiger partial charge in [0.2, 0.25) is 0 Å². The third-order valence-electron chi connectivity index (χ3n) is 5.99. The fraction of sp³-hybridized carbons (Fsp3) is 0.619. The molecule has 1 aliphatic carbocycles. The van der Waals surface area contributed by atoms with Crippen molar-refractivity contribution in [2.45, 2.75) is 59.5 Å². The van der Waals surface area contributed by atoms with Crippen LogP contribution in [0.3, 0.4) is 0 Å². The van der Waals surface area contributed by atoms with Crippen molar-refractivity contribution in [1.29, 1.82) is 0 Å². The van der Waals surface area contributed by atoms with E-state index in [1.807, 2.05) is 16.5 Å². The van der Waals surface area contributed by atoms with Crippen LogP contribution in [0.25, 0.3) is 0 Å². The number of hydrogen-bond acceptors (Lipinski definition) is 4. The monoisotopic (exact) mass is 370 g/mol. The lowest BCUT2D eigenvalue weighted by Crippen LogP contribution is -2.48. The fourth-order valence-corrected chi connectivity index (χ4v) is 4.37. The Labute approximate surface area is 161 Å². The van der Waals surface area contributed by atoms with E-state index < -0.39 is 0 Å². The van der Waals surface area contributed by atoms with E-state index >= 15 is 0 Å². The Morgan fingerprint density at radius 2 is 1.89 bits per heavy atom. The summed E-state index contributed by atoms with van der Waals surface area (Å²) in [5.41, 5.74) is 4.42. The number of carbonyl (C=O) groups excluding carboxylic acids is 1. The highest BCUT2D eigenvalue weighted by atomic mass is 16.3. The van der Waals surface area contributed by atoms with E-state index in [2.05, 4.69) is 30.0 Å². The second kappa shape index (κ2) is 7.50. The lowest BCUT2D eigenvalue weighted by molar-refractivity contribution is 0.0625. The van der Waals surface area contributed by atoms with Crippen molar-refractivity contribution in [2.75, 3.05) is 26.2 Å². The van der Waals surface area contributed by atoms with E-state index in [1.165, 1.54) is 17.5 Å². The molecule has 0 bridgehead atoms. The van der Waals surface area contributed by atoms with Crippen LogP contribution >= 0.6 is 0 Å². The molecule has 0 unspecified atom stereocenters. The van der Waals surface area contributed by atoms with Gasteiger partial charge in [0.15, 0.2) is 0 Å². The highest BCUT2D eigenvalue weighted by Crippen LogP contribution is 2.30. The second-order valence-electron chi connectivity index (χ2n) is 7.81. The zero-order chi connectivity index (χ0) is 19.0. The quantitative estimate of drug-likeness (QED) is 0.830. The summed E-state index contributed by atoms with van der Waals surface area (Å²) >= 11 is 0. The average molecular weight is 370 g/mol. The Bertz CT molecular complexity index is 828. The Hall–Kier alpha value is -2.08. The van der Waals surface area contributed by atoms with Crippen LogP contribution in [0.4, 0.5) is 0 Å². The Morgan fingerprint density at radius 3 is 2.59 bits per heavy atom. The molecule has 1 fully saturated rings. The van der Waals surface area contributed by atoms with Gasteiger partial charge in [-0.1, -0.05) is 0 Å². The molecule has 0 N–H and O–H groups in total. The average Bonchev–Trinajstić information content (AvgIpc) is 3.20. The maximum absolute atomic E-state index is 13.1. The predicted molar refractivity (Wildman–Crippen MR) is 104 cm³/mol. The molecule has 3 heterocycles. The number of amides is 1. The number of carbonyl (C=O) groups is 1. The summed E-state index contributed by atoms with van der Waals surface area (Å²) in [7, 11) is 0. The number of furan rings is 1. The molecule has 0 atom stereocenters. The first-order chi connectivity index (χ1) is 13.1. The minimum Gasteiger partial charge on any atom is -0.465 e. The molecule has 6 nitrogen and oxygen atoms in total. The van der Waals surface area contributed by atoms with Crippen molar-refractivity contribution in [3.8, 4) is 0 Å². The van der Waals surface area contributed by atoms with Crippen LogP contribution < -0.4 is 0 Å².